The topological polar surface area (TPSA) is 98.3 Å². The first-order valence-electron chi connectivity index (χ1n) is 7.95. The van der Waals surface area contributed by atoms with Crippen LogP contribution in [-0.2, 0) is 11.3 Å². The molecule has 3 N–H and O–H groups in total. The van der Waals surface area contributed by atoms with Crippen LogP contribution in [-0.4, -0.2) is 52.6 Å². The van der Waals surface area contributed by atoms with Crippen LogP contribution >= 0.6 is 24.8 Å². The number of rotatable bonds is 8. The van der Waals surface area contributed by atoms with Crippen LogP contribution < -0.4 is 11.1 Å². The smallest absolute Gasteiger partial charge is 0.362 e. The van der Waals surface area contributed by atoms with Gasteiger partial charge in [0.05, 0.1) is 13.7 Å². The van der Waals surface area contributed by atoms with E-state index in [1.807, 2.05) is 12.1 Å². The van der Waals surface area contributed by atoms with Crippen LogP contribution in [0.4, 0.5) is 17.2 Å². The highest BCUT2D eigenvalue weighted by Gasteiger charge is 2.19. The Morgan fingerprint density at radius 2 is 1.81 bits per heavy atom. The number of halogens is 2. The number of nitrogens with one attached hydrogen (secondary N) is 1. The van der Waals surface area contributed by atoms with Crippen LogP contribution in [0, 0.1) is 0 Å². The number of aromatic nitrogens is 3. The standard InChI is InChI=1S/C16H24N6O2.2ClH/c1-4-21(5-2)10-11-22-19-14(16(23)24-3)15(20-22)18-13-8-6-12(17)7-9-13;;/h6-9H,4-5,10-11,17H2,1-3H3,(H,18,20);2*1H. The van der Waals surface area contributed by atoms with Crippen molar-refractivity contribution in [1.82, 2.24) is 19.9 Å². The lowest BCUT2D eigenvalue weighted by molar-refractivity contribution is 0.0594. The van der Waals surface area contributed by atoms with E-state index >= 15 is 0 Å². The number of benzene rings is 1. The molecule has 0 aliphatic heterocycles. The maximum Gasteiger partial charge on any atom is 0.362 e. The van der Waals surface area contributed by atoms with E-state index in [2.05, 4.69) is 34.3 Å². The van der Waals surface area contributed by atoms with Gasteiger partial charge in [-0.3, -0.25) is 0 Å². The lowest BCUT2D eigenvalue weighted by Crippen LogP contribution is -2.27. The van der Waals surface area contributed by atoms with Crippen LogP contribution in [0.2, 0.25) is 0 Å². The molecule has 146 valence electrons. The Hall–Kier alpha value is -2.03. The maximum atomic E-state index is 11.9. The summed E-state index contributed by atoms with van der Waals surface area (Å²) in [6, 6.07) is 7.16. The van der Waals surface area contributed by atoms with Gasteiger partial charge in [0, 0.05) is 17.9 Å². The van der Waals surface area contributed by atoms with E-state index in [0.29, 0.717) is 18.1 Å². The number of nitrogen functional groups attached to an aromatic ring is 1. The minimum atomic E-state index is -0.526. The molecule has 1 aromatic carbocycles. The van der Waals surface area contributed by atoms with E-state index in [-0.39, 0.29) is 30.5 Å². The minimum absolute atomic E-state index is 0. The third-order valence-corrected chi connectivity index (χ3v) is 3.72. The van der Waals surface area contributed by atoms with E-state index in [1.165, 1.54) is 11.9 Å². The third kappa shape index (κ3) is 6.36. The predicted octanol–water partition coefficient (Wildman–Crippen LogP) is 2.58. The highest BCUT2D eigenvalue weighted by atomic mass is 35.5. The van der Waals surface area contributed by atoms with E-state index in [9.17, 15) is 4.79 Å². The molecule has 0 bridgehead atoms. The van der Waals surface area contributed by atoms with E-state index in [1.54, 1.807) is 12.1 Å². The van der Waals surface area contributed by atoms with Gasteiger partial charge in [-0.25, -0.2) is 4.79 Å². The van der Waals surface area contributed by atoms with Crippen molar-refractivity contribution in [2.45, 2.75) is 20.4 Å². The van der Waals surface area contributed by atoms with Crippen molar-refractivity contribution < 1.29 is 9.53 Å². The van der Waals surface area contributed by atoms with Crippen molar-refractivity contribution in [3.63, 3.8) is 0 Å². The number of ether oxygens (including phenoxy) is 1. The zero-order valence-corrected chi connectivity index (χ0v) is 16.8. The van der Waals surface area contributed by atoms with E-state index < -0.39 is 5.97 Å². The Labute approximate surface area is 165 Å². The summed E-state index contributed by atoms with van der Waals surface area (Å²) in [5.74, 6) is -0.159. The third-order valence-electron chi connectivity index (χ3n) is 3.72. The first-order chi connectivity index (χ1) is 11.6. The molecule has 0 unspecified atom stereocenters. The van der Waals surface area contributed by atoms with Crippen molar-refractivity contribution in [2.75, 3.05) is 37.8 Å². The fraction of sp³-hybridized carbons (Fsp3) is 0.438. The summed E-state index contributed by atoms with van der Waals surface area (Å²) in [5.41, 5.74) is 7.27. The SMILES string of the molecule is CCN(CC)CCn1nc(Nc2ccc(N)cc2)c(C(=O)OC)n1.Cl.Cl. The van der Waals surface area contributed by atoms with Gasteiger partial charge in [-0.15, -0.1) is 35.0 Å². The highest BCUT2D eigenvalue weighted by Crippen LogP contribution is 2.19. The lowest BCUT2D eigenvalue weighted by Gasteiger charge is -2.16. The monoisotopic (exact) mass is 404 g/mol. The van der Waals surface area contributed by atoms with Crippen molar-refractivity contribution in [3.8, 4) is 0 Å². The fourth-order valence-electron chi connectivity index (χ4n) is 2.24. The number of anilines is 3. The molecule has 1 aromatic heterocycles. The van der Waals surface area contributed by atoms with E-state index in [4.69, 9.17) is 10.5 Å². The Bertz CT molecular complexity index is 674. The molecule has 0 aliphatic carbocycles. The maximum absolute atomic E-state index is 11.9. The number of nitrogens with zero attached hydrogens (tertiary/aromatic N) is 4. The van der Waals surface area contributed by atoms with Crippen LogP contribution in [0.1, 0.15) is 24.3 Å². The van der Waals surface area contributed by atoms with Crippen molar-refractivity contribution in [1.29, 1.82) is 0 Å². The summed E-state index contributed by atoms with van der Waals surface area (Å²) < 4.78 is 4.79. The molecule has 1 heterocycles. The number of hydrogen-bond donors (Lipinski definition) is 2. The molecule has 0 atom stereocenters. The van der Waals surface area contributed by atoms with Crippen molar-refractivity contribution in [3.05, 3.63) is 30.0 Å². The largest absolute Gasteiger partial charge is 0.464 e. The molecule has 0 fully saturated rings. The second-order valence-electron chi connectivity index (χ2n) is 5.26. The molecule has 0 amide bonds. The molecular formula is C16H26Cl2N6O2. The summed E-state index contributed by atoms with van der Waals surface area (Å²) in [5, 5.41) is 11.7. The summed E-state index contributed by atoms with van der Waals surface area (Å²) in [4.78, 5) is 15.7. The van der Waals surface area contributed by atoms with Crippen LogP contribution in [0.15, 0.2) is 24.3 Å². The number of carbonyl (C=O) groups is 1. The summed E-state index contributed by atoms with van der Waals surface area (Å²) in [6.45, 7) is 7.52. The van der Waals surface area contributed by atoms with Gasteiger partial charge >= 0.3 is 5.97 Å². The van der Waals surface area contributed by atoms with Crippen molar-refractivity contribution >= 4 is 48.0 Å². The average Bonchev–Trinajstić information content (AvgIpc) is 3.00. The van der Waals surface area contributed by atoms with Gasteiger partial charge < -0.3 is 20.7 Å². The molecule has 26 heavy (non-hydrogen) atoms. The Kier molecular flexibility index (Phi) is 10.7. The number of hydrogen-bond acceptors (Lipinski definition) is 7. The molecule has 2 rings (SSSR count). The molecule has 0 aliphatic rings. The van der Waals surface area contributed by atoms with Gasteiger partial charge in [0.25, 0.3) is 0 Å². The zero-order chi connectivity index (χ0) is 17.5. The molecule has 0 saturated heterocycles. The molecule has 8 nitrogen and oxygen atoms in total. The predicted molar refractivity (Wildman–Crippen MR) is 108 cm³/mol. The number of methoxy groups -OCH3 is 1. The molecule has 2 aromatic rings. The Morgan fingerprint density at radius 3 is 2.35 bits per heavy atom. The van der Waals surface area contributed by atoms with Gasteiger partial charge in [-0.05, 0) is 37.4 Å². The molecular weight excluding hydrogens is 379 g/mol. The minimum Gasteiger partial charge on any atom is -0.464 e. The summed E-state index contributed by atoms with van der Waals surface area (Å²) >= 11 is 0. The highest BCUT2D eigenvalue weighted by molar-refractivity contribution is 5.93. The number of carbonyl (C=O) groups excluding carboxylic acids is 1. The summed E-state index contributed by atoms with van der Waals surface area (Å²) in [7, 11) is 1.32. The first-order valence-corrected chi connectivity index (χ1v) is 7.95. The van der Waals surface area contributed by atoms with Gasteiger partial charge in [-0.1, -0.05) is 13.8 Å². The summed E-state index contributed by atoms with van der Waals surface area (Å²) in [6.07, 6.45) is 0. The zero-order valence-electron chi connectivity index (χ0n) is 15.1. The fourth-order valence-corrected chi connectivity index (χ4v) is 2.24. The Balaban J connectivity index is 0.00000312. The van der Waals surface area contributed by atoms with Gasteiger partial charge in [0.15, 0.2) is 5.82 Å². The van der Waals surface area contributed by atoms with Crippen LogP contribution in [0.25, 0.3) is 0 Å². The Morgan fingerprint density at radius 1 is 1.19 bits per heavy atom. The van der Waals surface area contributed by atoms with Gasteiger partial charge in [-0.2, -0.15) is 4.80 Å². The normalized spacial score (nSPS) is 10.0. The molecule has 0 saturated carbocycles. The quantitative estimate of drug-likeness (QED) is 0.515. The van der Waals surface area contributed by atoms with Crippen LogP contribution in [0.5, 0.6) is 0 Å². The van der Waals surface area contributed by atoms with Crippen LogP contribution in [0.3, 0.4) is 0 Å². The van der Waals surface area contributed by atoms with Gasteiger partial charge in [0.1, 0.15) is 0 Å². The lowest BCUT2D eigenvalue weighted by atomic mass is 10.3. The van der Waals surface area contributed by atoms with E-state index in [0.717, 1.165) is 25.3 Å². The molecule has 10 heteroatoms. The second-order valence-corrected chi connectivity index (χ2v) is 5.26. The van der Waals surface area contributed by atoms with Crippen molar-refractivity contribution in [2.24, 2.45) is 0 Å². The number of likely N-dealkylation sites (N-methyl/N-ethyl adjacent to an activating group) is 1. The molecule has 0 spiro atoms. The van der Waals surface area contributed by atoms with Gasteiger partial charge in [0.2, 0.25) is 5.69 Å². The first kappa shape index (κ1) is 24.0. The number of nitrogens with two attached hydrogens (primary N) is 1. The molecule has 0 radical (unpaired) electrons. The second kappa shape index (κ2) is 11.6. The average molecular weight is 405 g/mol. The number of esters is 1.